The van der Waals surface area contributed by atoms with Gasteiger partial charge in [0.1, 0.15) is 5.75 Å². The van der Waals surface area contributed by atoms with Crippen molar-refractivity contribution in [3.63, 3.8) is 0 Å². The molecule has 1 heterocycles. The second-order valence-electron chi connectivity index (χ2n) is 4.29. The van der Waals surface area contributed by atoms with Gasteiger partial charge < -0.3 is 10.1 Å². The molecule has 0 saturated heterocycles. The van der Waals surface area contributed by atoms with Gasteiger partial charge in [0.05, 0.1) is 12.8 Å². The first kappa shape index (κ1) is 9.75. The van der Waals surface area contributed by atoms with E-state index in [4.69, 9.17) is 4.74 Å². The number of anilines is 1. The van der Waals surface area contributed by atoms with Crippen LogP contribution in [0.4, 0.5) is 5.69 Å². The van der Waals surface area contributed by atoms with Gasteiger partial charge in [-0.2, -0.15) is 0 Å². The number of hydrogen-bond donors (Lipinski definition) is 1. The first-order valence-corrected chi connectivity index (χ1v) is 6.63. The van der Waals surface area contributed by atoms with Crippen molar-refractivity contribution in [2.45, 2.75) is 28.7 Å². The third kappa shape index (κ3) is 1.35. The summed E-state index contributed by atoms with van der Waals surface area (Å²) < 4.78 is 6.15. The van der Waals surface area contributed by atoms with Gasteiger partial charge in [-0.25, -0.2) is 0 Å². The van der Waals surface area contributed by atoms with Gasteiger partial charge in [-0.15, -0.1) is 0 Å². The number of alkyl halides is 1. The molecule has 0 unspecified atom stereocenters. The normalized spacial score (nSPS) is 32.0. The Labute approximate surface area is 104 Å². The summed E-state index contributed by atoms with van der Waals surface area (Å²) in [7, 11) is 1.74. The standard InChI is InChI=1S/C12H14INO/c1-15-10-4-2-3-7-8-5-6-9(13)11(8)14-12(7)10/h2-4,8-9,11,14H,5-6H2,1H3/t8-,9+,11+/m0/s1. The van der Waals surface area contributed by atoms with Crippen molar-refractivity contribution in [1.82, 2.24) is 0 Å². The molecule has 3 heteroatoms. The van der Waals surface area contributed by atoms with E-state index < -0.39 is 0 Å². The average molecular weight is 315 g/mol. The Kier molecular flexibility index (Phi) is 2.30. The van der Waals surface area contributed by atoms with Crippen molar-refractivity contribution in [3.05, 3.63) is 23.8 Å². The number of rotatable bonds is 1. The van der Waals surface area contributed by atoms with E-state index >= 15 is 0 Å². The minimum absolute atomic E-state index is 0.622. The number of halogens is 1. The van der Waals surface area contributed by atoms with Gasteiger partial charge >= 0.3 is 0 Å². The molecule has 2 nitrogen and oxygen atoms in total. The Balaban J connectivity index is 2.05. The molecule has 0 aromatic heterocycles. The van der Waals surface area contributed by atoms with E-state index in [9.17, 15) is 0 Å². The highest BCUT2D eigenvalue weighted by Gasteiger charge is 2.42. The Morgan fingerprint density at radius 2 is 2.27 bits per heavy atom. The second-order valence-corrected chi connectivity index (χ2v) is 5.89. The molecule has 0 spiro atoms. The van der Waals surface area contributed by atoms with Crippen molar-refractivity contribution in [2.24, 2.45) is 0 Å². The summed E-state index contributed by atoms with van der Waals surface area (Å²) in [6, 6.07) is 7.00. The number of hydrogen-bond acceptors (Lipinski definition) is 2. The first-order chi connectivity index (χ1) is 7.31. The molecule has 1 aromatic carbocycles. The lowest BCUT2D eigenvalue weighted by molar-refractivity contribution is 0.416. The summed E-state index contributed by atoms with van der Waals surface area (Å²) in [5.41, 5.74) is 2.69. The third-order valence-electron chi connectivity index (χ3n) is 3.57. The molecular formula is C12H14INO. The van der Waals surface area contributed by atoms with Crippen LogP contribution < -0.4 is 10.1 Å². The highest BCUT2D eigenvalue weighted by Crippen LogP contribution is 2.50. The van der Waals surface area contributed by atoms with Gasteiger partial charge in [0.15, 0.2) is 0 Å². The van der Waals surface area contributed by atoms with E-state index in [0.29, 0.717) is 12.0 Å². The van der Waals surface area contributed by atoms with E-state index in [1.165, 1.54) is 24.1 Å². The van der Waals surface area contributed by atoms with E-state index in [1.54, 1.807) is 7.11 Å². The van der Waals surface area contributed by atoms with Crippen LogP contribution >= 0.6 is 22.6 Å². The fourth-order valence-corrected chi connectivity index (χ4v) is 3.88. The molecular weight excluding hydrogens is 301 g/mol. The molecule has 0 amide bonds. The molecule has 3 atom stereocenters. The number of fused-ring (bicyclic) bond motifs is 3. The van der Waals surface area contributed by atoms with Crippen LogP contribution in [0.15, 0.2) is 18.2 Å². The van der Waals surface area contributed by atoms with Crippen molar-refractivity contribution < 1.29 is 4.74 Å². The average Bonchev–Trinajstić information content (AvgIpc) is 2.79. The van der Waals surface area contributed by atoms with Crippen LogP contribution in [0.2, 0.25) is 0 Å². The number of methoxy groups -OCH3 is 1. The van der Waals surface area contributed by atoms with Crippen molar-refractivity contribution >= 4 is 28.3 Å². The van der Waals surface area contributed by atoms with E-state index in [1.807, 2.05) is 6.07 Å². The number of para-hydroxylation sites is 1. The summed E-state index contributed by atoms with van der Waals surface area (Å²) >= 11 is 2.57. The first-order valence-electron chi connectivity index (χ1n) is 5.39. The van der Waals surface area contributed by atoms with Gasteiger partial charge in [-0.1, -0.05) is 34.7 Å². The zero-order chi connectivity index (χ0) is 10.4. The maximum absolute atomic E-state index is 5.39. The highest BCUT2D eigenvalue weighted by molar-refractivity contribution is 14.1. The van der Waals surface area contributed by atoms with Crippen LogP contribution in [0, 0.1) is 0 Å². The topological polar surface area (TPSA) is 21.3 Å². The molecule has 15 heavy (non-hydrogen) atoms. The number of benzene rings is 1. The minimum Gasteiger partial charge on any atom is -0.495 e. The maximum Gasteiger partial charge on any atom is 0.142 e. The maximum atomic E-state index is 5.39. The van der Waals surface area contributed by atoms with E-state index in [0.717, 1.165) is 9.67 Å². The smallest absolute Gasteiger partial charge is 0.142 e. The van der Waals surface area contributed by atoms with Crippen LogP contribution in [-0.4, -0.2) is 17.1 Å². The predicted octanol–water partition coefficient (Wildman–Crippen LogP) is 3.17. The number of ether oxygens (including phenoxy) is 1. The van der Waals surface area contributed by atoms with Crippen molar-refractivity contribution in [1.29, 1.82) is 0 Å². The SMILES string of the molecule is COc1cccc2c1N[C@H]1[C@H](I)CC[C@@H]21. The summed E-state index contributed by atoms with van der Waals surface area (Å²) in [6.07, 6.45) is 2.64. The molecule has 1 aliphatic heterocycles. The molecule has 3 rings (SSSR count). The highest BCUT2D eigenvalue weighted by atomic mass is 127. The van der Waals surface area contributed by atoms with E-state index in [-0.39, 0.29) is 0 Å². The molecule has 0 bridgehead atoms. The Morgan fingerprint density at radius 1 is 1.40 bits per heavy atom. The van der Waals surface area contributed by atoms with Crippen molar-refractivity contribution in [3.8, 4) is 5.75 Å². The van der Waals surface area contributed by atoms with Gasteiger partial charge in [-0.3, -0.25) is 0 Å². The molecule has 0 radical (unpaired) electrons. The van der Waals surface area contributed by atoms with Crippen LogP contribution in [-0.2, 0) is 0 Å². The minimum atomic E-state index is 0.622. The van der Waals surface area contributed by atoms with E-state index in [2.05, 4.69) is 40.0 Å². The molecule has 1 N–H and O–H groups in total. The van der Waals surface area contributed by atoms with Gasteiger partial charge in [0, 0.05) is 15.9 Å². The molecule has 1 saturated carbocycles. The lowest BCUT2D eigenvalue weighted by Crippen LogP contribution is -2.23. The summed E-state index contributed by atoms with van der Waals surface area (Å²) in [4.78, 5) is 0. The monoisotopic (exact) mass is 315 g/mol. The lowest BCUT2D eigenvalue weighted by atomic mass is 9.97. The largest absolute Gasteiger partial charge is 0.495 e. The fourth-order valence-electron chi connectivity index (χ4n) is 2.84. The quantitative estimate of drug-likeness (QED) is 0.635. The van der Waals surface area contributed by atoms with Gasteiger partial charge in [0.25, 0.3) is 0 Å². The molecule has 1 aromatic rings. The van der Waals surface area contributed by atoms with Crippen LogP contribution in [0.5, 0.6) is 5.75 Å². The summed E-state index contributed by atoms with van der Waals surface area (Å²) in [5.74, 6) is 1.70. The van der Waals surface area contributed by atoms with Crippen LogP contribution in [0.3, 0.4) is 0 Å². The molecule has 1 aliphatic carbocycles. The number of nitrogens with one attached hydrogen (secondary N) is 1. The summed E-state index contributed by atoms with van der Waals surface area (Å²) in [6.45, 7) is 0. The Morgan fingerprint density at radius 3 is 3.07 bits per heavy atom. The van der Waals surface area contributed by atoms with Crippen LogP contribution in [0.1, 0.15) is 24.3 Å². The second kappa shape index (κ2) is 3.54. The van der Waals surface area contributed by atoms with Gasteiger partial charge in [0.2, 0.25) is 0 Å². The van der Waals surface area contributed by atoms with Gasteiger partial charge in [-0.05, 0) is 24.5 Å². The van der Waals surface area contributed by atoms with Crippen LogP contribution in [0.25, 0.3) is 0 Å². The molecule has 2 aliphatic rings. The Hall–Kier alpha value is -0.450. The zero-order valence-corrected chi connectivity index (χ0v) is 10.8. The fraction of sp³-hybridized carbons (Fsp3) is 0.500. The third-order valence-corrected chi connectivity index (χ3v) is 4.96. The molecule has 80 valence electrons. The Bertz CT molecular complexity index is 393. The predicted molar refractivity (Wildman–Crippen MR) is 70.2 cm³/mol. The molecule has 1 fully saturated rings. The lowest BCUT2D eigenvalue weighted by Gasteiger charge is -2.14. The van der Waals surface area contributed by atoms with Crippen molar-refractivity contribution in [2.75, 3.05) is 12.4 Å². The zero-order valence-electron chi connectivity index (χ0n) is 8.66. The summed E-state index contributed by atoms with van der Waals surface area (Å²) in [5, 5.41) is 3.63.